The van der Waals surface area contributed by atoms with Gasteiger partial charge in [-0.05, 0) is 44.8 Å². The number of hydrogen-bond donors (Lipinski definition) is 1. The molecule has 2 aliphatic rings. The lowest BCUT2D eigenvalue weighted by Crippen LogP contribution is -2.33. The number of nitrogens with one attached hydrogen (secondary N) is 1. The van der Waals surface area contributed by atoms with Crippen LogP contribution >= 0.6 is 0 Å². The molecule has 0 aliphatic carbocycles. The summed E-state index contributed by atoms with van der Waals surface area (Å²) in [5.74, 6) is 0.645. The van der Waals surface area contributed by atoms with E-state index in [0.717, 1.165) is 43.0 Å². The third-order valence-corrected chi connectivity index (χ3v) is 6.84. The molecule has 1 atom stereocenters. The molecule has 0 saturated carbocycles. The monoisotopic (exact) mass is 455 g/mol. The normalized spacial score (nSPS) is 20.0. The highest BCUT2D eigenvalue weighted by molar-refractivity contribution is 7.86. The fourth-order valence-corrected chi connectivity index (χ4v) is 4.89. The quantitative estimate of drug-likeness (QED) is 0.555. The van der Waals surface area contributed by atoms with Crippen molar-refractivity contribution in [2.24, 2.45) is 5.41 Å². The van der Waals surface area contributed by atoms with Gasteiger partial charge < -0.3 is 19.9 Å². The van der Waals surface area contributed by atoms with E-state index in [-0.39, 0.29) is 24.3 Å². The molecule has 9 nitrogen and oxygen atoms in total. The van der Waals surface area contributed by atoms with E-state index in [2.05, 4.69) is 27.2 Å². The van der Waals surface area contributed by atoms with Crippen LogP contribution in [0.15, 0.2) is 0 Å². The lowest BCUT2D eigenvalue weighted by Gasteiger charge is -2.26. The summed E-state index contributed by atoms with van der Waals surface area (Å²) >= 11 is 0. The number of fused-ring (bicyclic) bond motifs is 1. The van der Waals surface area contributed by atoms with Gasteiger partial charge in [0.2, 0.25) is 0 Å². The second kappa shape index (κ2) is 9.97. The lowest BCUT2D eigenvalue weighted by molar-refractivity contribution is 0.187. The molecule has 10 heteroatoms. The van der Waals surface area contributed by atoms with Gasteiger partial charge in [0.05, 0.1) is 18.1 Å². The van der Waals surface area contributed by atoms with Crippen molar-refractivity contribution in [1.29, 1.82) is 0 Å². The molecule has 0 bridgehead atoms. The molecule has 1 fully saturated rings. The Balaban J connectivity index is 1.69. The number of hydrogen-bond acceptors (Lipinski definition) is 9. The first-order chi connectivity index (χ1) is 14.5. The summed E-state index contributed by atoms with van der Waals surface area (Å²) in [5.41, 5.74) is 1.77. The molecule has 0 amide bonds. The van der Waals surface area contributed by atoms with Crippen LogP contribution in [-0.2, 0) is 27.3 Å². The van der Waals surface area contributed by atoms with E-state index >= 15 is 0 Å². The molecular formula is C21H37N5O4S. The van der Waals surface area contributed by atoms with E-state index in [1.165, 1.54) is 6.42 Å². The Morgan fingerprint density at radius 2 is 2.06 bits per heavy atom. The van der Waals surface area contributed by atoms with Gasteiger partial charge >= 0.3 is 6.01 Å². The molecular weight excluding hydrogens is 418 g/mol. The third kappa shape index (κ3) is 7.00. The van der Waals surface area contributed by atoms with Gasteiger partial charge in [0.1, 0.15) is 12.4 Å². The number of nitrogens with zero attached hydrogens (tertiary/aromatic N) is 4. The minimum atomic E-state index is -3.61. The van der Waals surface area contributed by atoms with Crippen molar-refractivity contribution >= 4 is 15.9 Å². The van der Waals surface area contributed by atoms with Crippen molar-refractivity contribution in [3.63, 3.8) is 0 Å². The van der Waals surface area contributed by atoms with Crippen LogP contribution < -0.4 is 15.0 Å². The maximum atomic E-state index is 12.3. The van der Waals surface area contributed by atoms with Crippen LogP contribution in [0.25, 0.3) is 0 Å². The van der Waals surface area contributed by atoms with Gasteiger partial charge in [-0.15, -0.1) is 0 Å². The van der Waals surface area contributed by atoms with E-state index in [9.17, 15) is 8.42 Å². The fraction of sp³-hybridized carbons (Fsp3) is 0.810. The zero-order chi connectivity index (χ0) is 22.6. The predicted octanol–water partition coefficient (Wildman–Crippen LogP) is 1.42. The van der Waals surface area contributed by atoms with Crippen LogP contribution in [0.3, 0.4) is 0 Å². The van der Waals surface area contributed by atoms with E-state index in [0.29, 0.717) is 25.2 Å². The topological polar surface area (TPSA) is 96.9 Å². The van der Waals surface area contributed by atoms with Crippen molar-refractivity contribution in [1.82, 2.24) is 20.2 Å². The summed E-state index contributed by atoms with van der Waals surface area (Å²) in [7, 11) is 0.360. The molecule has 1 aromatic heterocycles. The molecule has 3 rings (SSSR count). The zero-order valence-electron chi connectivity index (χ0n) is 19.5. The lowest BCUT2D eigenvalue weighted by atomic mass is 9.99. The first-order valence-electron chi connectivity index (χ1n) is 11.1. The van der Waals surface area contributed by atoms with Gasteiger partial charge in [-0.1, -0.05) is 20.8 Å². The molecule has 0 aromatic carbocycles. The van der Waals surface area contributed by atoms with E-state index in [1.807, 2.05) is 32.7 Å². The number of aromatic nitrogens is 2. The number of likely N-dealkylation sites (N-methyl/N-ethyl adjacent to an activating group) is 1. The predicted molar refractivity (Wildman–Crippen MR) is 121 cm³/mol. The molecule has 0 unspecified atom stereocenters. The SMILES string of the molecule is CN(CCS(=O)(=O)OCC(C)(C)C)c1nc(OC[C@@H]2CCCN2C)nc2c1CCNC2. The molecule has 1 aromatic rings. The Hall–Kier alpha value is -1.49. The van der Waals surface area contributed by atoms with E-state index < -0.39 is 10.1 Å². The van der Waals surface area contributed by atoms with Gasteiger partial charge in [0, 0.05) is 31.7 Å². The third-order valence-electron chi connectivity index (χ3n) is 5.68. The van der Waals surface area contributed by atoms with Crippen molar-refractivity contribution in [2.45, 2.75) is 52.6 Å². The van der Waals surface area contributed by atoms with Crippen LogP contribution in [0.2, 0.25) is 0 Å². The van der Waals surface area contributed by atoms with E-state index in [1.54, 1.807) is 0 Å². The van der Waals surface area contributed by atoms with Crippen LogP contribution in [0.1, 0.15) is 44.9 Å². The number of ether oxygens (including phenoxy) is 1. The van der Waals surface area contributed by atoms with E-state index in [4.69, 9.17) is 8.92 Å². The first kappa shape index (κ1) is 24.2. The fourth-order valence-electron chi connectivity index (χ4n) is 3.74. The molecule has 31 heavy (non-hydrogen) atoms. The number of rotatable bonds is 9. The van der Waals surface area contributed by atoms with Gasteiger partial charge in [-0.3, -0.25) is 4.18 Å². The average Bonchev–Trinajstić information content (AvgIpc) is 3.13. The average molecular weight is 456 g/mol. The smallest absolute Gasteiger partial charge is 0.318 e. The highest BCUT2D eigenvalue weighted by Crippen LogP contribution is 2.26. The van der Waals surface area contributed by atoms with Crippen LogP contribution in [0, 0.1) is 5.41 Å². The van der Waals surface area contributed by atoms with Crippen LogP contribution in [-0.4, -0.2) is 82.0 Å². The Morgan fingerprint density at radius 3 is 2.74 bits per heavy atom. The summed E-state index contributed by atoms with van der Waals surface area (Å²) in [5, 5.41) is 3.34. The summed E-state index contributed by atoms with van der Waals surface area (Å²) in [6.07, 6.45) is 3.09. The van der Waals surface area contributed by atoms with Gasteiger partial charge in [0.15, 0.2) is 0 Å². The maximum absolute atomic E-state index is 12.3. The Kier molecular flexibility index (Phi) is 7.77. The van der Waals surface area contributed by atoms with Gasteiger partial charge in [-0.25, -0.2) is 0 Å². The molecule has 1 N–H and O–H groups in total. The van der Waals surface area contributed by atoms with Crippen LogP contribution in [0.5, 0.6) is 6.01 Å². The highest BCUT2D eigenvalue weighted by atomic mass is 32.2. The summed E-state index contributed by atoms with van der Waals surface area (Å²) in [6.45, 7) is 9.43. The standard InChI is InChI=1S/C21H37N5O4S/c1-21(2,3)15-30-31(27,28)12-11-26(5)19-17-8-9-22-13-18(17)23-20(24-19)29-14-16-7-6-10-25(16)4/h16,22H,6-15H2,1-5H3/t16-/m0/s1. The zero-order valence-corrected chi connectivity index (χ0v) is 20.3. The summed E-state index contributed by atoms with van der Waals surface area (Å²) in [4.78, 5) is 13.5. The van der Waals surface area contributed by atoms with Gasteiger partial charge in [0.25, 0.3) is 10.1 Å². The van der Waals surface area contributed by atoms with Crippen molar-refractivity contribution in [2.75, 3.05) is 57.6 Å². The Bertz CT molecular complexity index is 856. The minimum absolute atomic E-state index is 0.0976. The largest absolute Gasteiger partial charge is 0.462 e. The second-order valence-electron chi connectivity index (χ2n) is 9.78. The van der Waals surface area contributed by atoms with Crippen molar-refractivity contribution < 1.29 is 17.3 Å². The summed E-state index contributed by atoms with van der Waals surface area (Å²) < 4.78 is 35.8. The Labute approximate surface area is 186 Å². The molecule has 3 heterocycles. The molecule has 0 radical (unpaired) electrons. The first-order valence-corrected chi connectivity index (χ1v) is 12.6. The van der Waals surface area contributed by atoms with Crippen molar-refractivity contribution in [3.05, 3.63) is 11.3 Å². The van der Waals surface area contributed by atoms with Gasteiger partial charge in [-0.2, -0.15) is 18.4 Å². The second-order valence-corrected chi connectivity index (χ2v) is 11.5. The maximum Gasteiger partial charge on any atom is 0.318 e. The Morgan fingerprint density at radius 1 is 1.29 bits per heavy atom. The van der Waals surface area contributed by atoms with Crippen molar-refractivity contribution in [3.8, 4) is 6.01 Å². The summed E-state index contributed by atoms with van der Waals surface area (Å²) in [6, 6.07) is 0.737. The van der Waals surface area contributed by atoms with Crippen LogP contribution in [0.4, 0.5) is 5.82 Å². The highest BCUT2D eigenvalue weighted by Gasteiger charge is 2.25. The molecule has 176 valence electrons. The number of anilines is 1. The minimum Gasteiger partial charge on any atom is -0.462 e. The molecule has 0 spiro atoms. The number of likely N-dealkylation sites (tertiary alicyclic amines) is 1. The molecule has 1 saturated heterocycles. The molecule has 2 aliphatic heterocycles.